The highest BCUT2D eigenvalue weighted by molar-refractivity contribution is 5.38. The number of ether oxygens (including phenoxy) is 1. The summed E-state index contributed by atoms with van der Waals surface area (Å²) >= 11 is 0. The molecule has 0 aromatic carbocycles. The van der Waals surface area contributed by atoms with E-state index in [9.17, 15) is 0 Å². The maximum absolute atomic E-state index is 7.36. The summed E-state index contributed by atoms with van der Waals surface area (Å²) in [4.78, 5) is 0. The molecule has 0 heterocycles. The number of rotatable bonds is 4. The molecule has 2 heteroatoms. The van der Waals surface area contributed by atoms with Gasteiger partial charge in [-0.1, -0.05) is 26.0 Å². The van der Waals surface area contributed by atoms with Gasteiger partial charge in [0.25, 0.3) is 0 Å². The molecule has 4 rings (SSSR count). The third kappa shape index (κ3) is 2.40. The Morgan fingerprint density at radius 1 is 1.23 bits per heavy atom. The lowest BCUT2D eigenvalue weighted by atomic mass is 9.45. The van der Waals surface area contributed by atoms with Crippen molar-refractivity contribution in [1.29, 1.82) is 0 Å². The molecule has 4 aliphatic carbocycles. The smallest absolute Gasteiger partial charge is 0.0962 e. The van der Waals surface area contributed by atoms with Gasteiger partial charge in [-0.05, 0) is 92.1 Å². The number of allylic oxidation sites excluding steroid dienone is 4. The van der Waals surface area contributed by atoms with E-state index in [1.165, 1.54) is 43.4 Å². The molecule has 0 aromatic heterocycles. The summed E-state index contributed by atoms with van der Waals surface area (Å²) in [6.07, 6.45) is 16.7. The van der Waals surface area contributed by atoms with Crippen LogP contribution < -0.4 is 5.73 Å². The minimum Gasteiger partial charge on any atom is -0.498 e. The molecule has 0 amide bonds. The fraction of sp³-hybridized carbons (Fsp3) is 0.750. The summed E-state index contributed by atoms with van der Waals surface area (Å²) in [7, 11) is 0. The van der Waals surface area contributed by atoms with Gasteiger partial charge in [0.2, 0.25) is 0 Å². The fourth-order valence-corrected chi connectivity index (χ4v) is 7.52. The van der Waals surface area contributed by atoms with Crippen LogP contribution >= 0.6 is 0 Å². The maximum atomic E-state index is 7.36. The number of hydrogen-bond donors (Lipinski definition) is 1. The minimum atomic E-state index is -0.0296. The normalized spacial score (nSPS) is 47.2. The van der Waals surface area contributed by atoms with Crippen LogP contribution in [0, 0.1) is 28.6 Å². The molecule has 2 nitrogen and oxygen atoms in total. The van der Waals surface area contributed by atoms with Gasteiger partial charge in [-0.15, -0.1) is 6.58 Å². The molecular weight excluding hydrogens is 318 g/mol. The van der Waals surface area contributed by atoms with Gasteiger partial charge in [-0.25, -0.2) is 0 Å². The second-order valence-corrected chi connectivity index (χ2v) is 9.89. The Bertz CT molecular complexity index is 649. The Morgan fingerprint density at radius 3 is 2.77 bits per heavy atom. The largest absolute Gasteiger partial charge is 0.498 e. The van der Waals surface area contributed by atoms with Crippen molar-refractivity contribution in [2.45, 2.75) is 77.7 Å². The molecule has 26 heavy (non-hydrogen) atoms. The van der Waals surface area contributed by atoms with Crippen molar-refractivity contribution < 1.29 is 4.74 Å². The van der Waals surface area contributed by atoms with Crippen LogP contribution in [0.15, 0.2) is 36.1 Å². The zero-order valence-electron chi connectivity index (χ0n) is 17.0. The minimum absolute atomic E-state index is 0.0296. The summed E-state index contributed by atoms with van der Waals surface area (Å²) in [5.74, 6) is 3.22. The molecule has 2 N–H and O–H groups in total. The first kappa shape index (κ1) is 18.3. The van der Waals surface area contributed by atoms with E-state index < -0.39 is 0 Å². The van der Waals surface area contributed by atoms with Crippen molar-refractivity contribution in [3.05, 3.63) is 36.1 Å². The Labute approximate surface area is 159 Å². The highest BCUT2D eigenvalue weighted by Crippen LogP contribution is 2.67. The average Bonchev–Trinajstić information content (AvgIpc) is 2.94. The Balaban J connectivity index is 1.69. The third-order valence-corrected chi connectivity index (χ3v) is 8.89. The number of hydrogen-bond acceptors (Lipinski definition) is 2. The predicted octanol–water partition coefficient (Wildman–Crippen LogP) is 5.75. The molecule has 2 saturated carbocycles. The summed E-state index contributed by atoms with van der Waals surface area (Å²) in [6.45, 7) is 11.9. The molecule has 4 aliphatic rings. The van der Waals surface area contributed by atoms with Crippen LogP contribution in [0.2, 0.25) is 0 Å². The highest BCUT2D eigenvalue weighted by atomic mass is 16.5. The van der Waals surface area contributed by atoms with E-state index >= 15 is 0 Å². The second kappa shape index (κ2) is 6.26. The molecule has 0 aliphatic heterocycles. The van der Waals surface area contributed by atoms with Crippen molar-refractivity contribution in [3.63, 3.8) is 0 Å². The van der Waals surface area contributed by atoms with Crippen LogP contribution in [0.5, 0.6) is 0 Å². The number of nitrogens with two attached hydrogens (primary N) is 1. The second-order valence-electron chi connectivity index (χ2n) is 9.89. The molecule has 0 saturated heterocycles. The molecule has 0 bridgehead atoms. The van der Waals surface area contributed by atoms with Crippen molar-refractivity contribution in [2.75, 3.05) is 6.61 Å². The first-order valence-corrected chi connectivity index (χ1v) is 10.8. The van der Waals surface area contributed by atoms with Gasteiger partial charge in [0.05, 0.1) is 12.4 Å². The van der Waals surface area contributed by atoms with Gasteiger partial charge in [0.1, 0.15) is 0 Å². The molecule has 6 unspecified atom stereocenters. The van der Waals surface area contributed by atoms with Gasteiger partial charge in [0.15, 0.2) is 0 Å². The lowest BCUT2D eigenvalue weighted by Gasteiger charge is -2.62. The Morgan fingerprint density at radius 2 is 2.04 bits per heavy atom. The van der Waals surface area contributed by atoms with Gasteiger partial charge >= 0.3 is 0 Å². The van der Waals surface area contributed by atoms with Crippen LogP contribution in [-0.2, 0) is 4.74 Å². The maximum Gasteiger partial charge on any atom is 0.0962 e. The molecular formula is C24H37NO. The van der Waals surface area contributed by atoms with E-state index in [1.807, 2.05) is 0 Å². The average molecular weight is 356 g/mol. The van der Waals surface area contributed by atoms with Gasteiger partial charge in [0, 0.05) is 12.0 Å². The van der Waals surface area contributed by atoms with Crippen LogP contribution in [-0.4, -0.2) is 12.1 Å². The van der Waals surface area contributed by atoms with Gasteiger partial charge in [-0.3, -0.25) is 0 Å². The number of fused-ring (bicyclic) bond motifs is 5. The van der Waals surface area contributed by atoms with Crippen LogP contribution in [0.25, 0.3) is 0 Å². The topological polar surface area (TPSA) is 35.2 Å². The molecule has 0 spiro atoms. The fourth-order valence-electron chi connectivity index (χ4n) is 7.52. The van der Waals surface area contributed by atoms with Crippen LogP contribution in [0.3, 0.4) is 0 Å². The van der Waals surface area contributed by atoms with Crippen molar-refractivity contribution in [3.8, 4) is 0 Å². The summed E-state index contributed by atoms with van der Waals surface area (Å²) in [5.41, 5.74) is 9.46. The van der Waals surface area contributed by atoms with Crippen molar-refractivity contribution in [1.82, 2.24) is 0 Å². The van der Waals surface area contributed by atoms with E-state index in [-0.39, 0.29) is 11.0 Å². The van der Waals surface area contributed by atoms with Crippen LogP contribution in [0.1, 0.15) is 72.1 Å². The molecule has 0 radical (unpaired) electrons. The molecule has 6 atom stereocenters. The first-order chi connectivity index (χ1) is 12.4. The SMILES string of the molecule is C=CCC1CCC2C1(C)CCC1C3(C)CCC(OCC)=CC3=CCC12N. The zero-order chi connectivity index (χ0) is 18.6. The van der Waals surface area contributed by atoms with Gasteiger partial charge < -0.3 is 10.5 Å². The van der Waals surface area contributed by atoms with E-state index in [2.05, 4.69) is 45.6 Å². The predicted molar refractivity (Wildman–Crippen MR) is 109 cm³/mol. The highest BCUT2D eigenvalue weighted by Gasteiger charge is 2.63. The Kier molecular flexibility index (Phi) is 4.42. The van der Waals surface area contributed by atoms with E-state index in [0.29, 0.717) is 17.3 Å². The molecule has 144 valence electrons. The van der Waals surface area contributed by atoms with E-state index in [4.69, 9.17) is 10.5 Å². The van der Waals surface area contributed by atoms with E-state index in [0.717, 1.165) is 31.8 Å². The monoisotopic (exact) mass is 355 g/mol. The van der Waals surface area contributed by atoms with Crippen LogP contribution in [0.4, 0.5) is 0 Å². The van der Waals surface area contributed by atoms with E-state index in [1.54, 1.807) is 0 Å². The zero-order valence-corrected chi connectivity index (χ0v) is 17.0. The first-order valence-electron chi connectivity index (χ1n) is 10.8. The third-order valence-electron chi connectivity index (χ3n) is 8.89. The van der Waals surface area contributed by atoms with Crippen molar-refractivity contribution >= 4 is 0 Å². The summed E-state index contributed by atoms with van der Waals surface area (Å²) in [6, 6.07) is 0. The van der Waals surface area contributed by atoms with Crippen molar-refractivity contribution in [2.24, 2.45) is 34.3 Å². The lowest BCUT2D eigenvalue weighted by Crippen LogP contribution is -2.65. The van der Waals surface area contributed by atoms with Gasteiger partial charge in [-0.2, -0.15) is 0 Å². The molecule has 0 aromatic rings. The quantitative estimate of drug-likeness (QED) is 0.651. The standard InChI is InChI=1S/C24H37NO/c1-5-7-17-8-9-20-22(17,3)14-12-21-23(4)13-11-19(26-6-2)16-18(23)10-15-24(20,21)25/h5,10,16-17,20-21H,1,6-9,11-15,25H2,2-4H3. The molecule has 2 fully saturated rings. The summed E-state index contributed by atoms with van der Waals surface area (Å²) < 4.78 is 5.84. The Hall–Kier alpha value is -1.02. The summed E-state index contributed by atoms with van der Waals surface area (Å²) in [5, 5.41) is 0. The lowest BCUT2D eigenvalue weighted by molar-refractivity contribution is -0.0562.